The van der Waals surface area contributed by atoms with E-state index in [1.54, 1.807) is 6.08 Å². The minimum Gasteiger partial charge on any atom is -0.350 e. The van der Waals surface area contributed by atoms with Crippen molar-refractivity contribution in [2.24, 2.45) is 13.0 Å². The van der Waals surface area contributed by atoms with E-state index in [0.717, 1.165) is 55.4 Å². The summed E-state index contributed by atoms with van der Waals surface area (Å²) in [5.74, 6) is 0.537. The van der Waals surface area contributed by atoms with E-state index in [1.807, 2.05) is 36.0 Å². The van der Waals surface area contributed by atoms with Crippen molar-refractivity contribution < 1.29 is 4.79 Å². The SMILES string of the molecule is Cn1cc(C(=O)/C=C/C2CCN(CCc3ccccc3)CC2)c2cc(Cl)ccc21. The molecular formula is C25H27ClN2O. The Bertz CT molecular complexity index is 1010. The van der Waals surface area contributed by atoms with Crippen LogP contribution in [-0.2, 0) is 13.5 Å². The zero-order chi connectivity index (χ0) is 20.2. The Labute approximate surface area is 177 Å². The van der Waals surface area contributed by atoms with Crippen molar-refractivity contribution in [3.63, 3.8) is 0 Å². The molecule has 0 spiro atoms. The van der Waals surface area contributed by atoms with Gasteiger partial charge in [0.25, 0.3) is 0 Å². The molecular weight excluding hydrogens is 380 g/mol. The number of benzene rings is 2. The predicted octanol–water partition coefficient (Wildman–Crippen LogP) is 5.53. The normalized spacial score (nSPS) is 16.1. The molecule has 1 aliphatic heterocycles. The number of carbonyl (C=O) groups excluding carboxylic acids is 1. The molecule has 4 heteroatoms. The lowest BCUT2D eigenvalue weighted by atomic mass is 9.95. The highest BCUT2D eigenvalue weighted by Gasteiger charge is 2.18. The van der Waals surface area contributed by atoms with E-state index in [-0.39, 0.29) is 5.78 Å². The third-order valence-corrected chi connectivity index (χ3v) is 6.16. The van der Waals surface area contributed by atoms with Crippen LogP contribution in [0, 0.1) is 5.92 Å². The Morgan fingerprint density at radius 2 is 1.90 bits per heavy atom. The van der Waals surface area contributed by atoms with Gasteiger partial charge in [-0.15, -0.1) is 0 Å². The number of nitrogens with zero attached hydrogens (tertiary/aromatic N) is 2. The zero-order valence-corrected chi connectivity index (χ0v) is 17.6. The molecule has 0 N–H and O–H groups in total. The van der Waals surface area contributed by atoms with Crippen LogP contribution in [0.2, 0.25) is 5.02 Å². The van der Waals surface area contributed by atoms with Gasteiger partial charge in [0.05, 0.1) is 0 Å². The Kier molecular flexibility index (Phi) is 6.17. The van der Waals surface area contributed by atoms with E-state index in [0.29, 0.717) is 10.9 Å². The van der Waals surface area contributed by atoms with E-state index in [2.05, 4.69) is 41.3 Å². The summed E-state index contributed by atoms with van der Waals surface area (Å²) in [4.78, 5) is 15.3. The Balaban J connectivity index is 1.32. The molecule has 0 bridgehead atoms. The van der Waals surface area contributed by atoms with Gasteiger partial charge in [0.2, 0.25) is 0 Å². The summed E-state index contributed by atoms with van der Waals surface area (Å²) in [7, 11) is 1.96. The van der Waals surface area contributed by atoms with E-state index >= 15 is 0 Å². The first-order valence-corrected chi connectivity index (χ1v) is 10.7. The molecule has 29 heavy (non-hydrogen) atoms. The number of rotatable bonds is 6. The first-order valence-electron chi connectivity index (χ1n) is 10.3. The molecule has 3 aromatic rings. The molecule has 0 atom stereocenters. The van der Waals surface area contributed by atoms with Gasteiger partial charge in [-0.05, 0) is 68.1 Å². The topological polar surface area (TPSA) is 25.2 Å². The van der Waals surface area contributed by atoms with Gasteiger partial charge >= 0.3 is 0 Å². The van der Waals surface area contributed by atoms with Crippen LogP contribution in [0.25, 0.3) is 10.9 Å². The fraction of sp³-hybridized carbons (Fsp3) is 0.320. The number of ketones is 1. The van der Waals surface area contributed by atoms with Crippen molar-refractivity contribution in [3.8, 4) is 0 Å². The summed E-state index contributed by atoms with van der Waals surface area (Å²) in [6.07, 6.45) is 9.10. The second-order valence-electron chi connectivity index (χ2n) is 7.95. The Morgan fingerprint density at radius 3 is 2.66 bits per heavy atom. The van der Waals surface area contributed by atoms with Crippen LogP contribution in [0.4, 0.5) is 0 Å². The molecule has 0 saturated carbocycles. The lowest BCUT2D eigenvalue weighted by molar-refractivity contribution is 0.104. The van der Waals surface area contributed by atoms with Crippen LogP contribution in [0.5, 0.6) is 0 Å². The number of hydrogen-bond donors (Lipinski definition) is 0. The minimum atomic E-state index is 0.0596. The molecule has 3 nitrogen and oxygen atoms in total. The van der Waals surface area contributed by atoms with E-state index < -0.39 is 0 Å². The molecule has 0 aliphatic carbocycles. The number of aromatic nitrogens is 1. The molecule has 2 heterocycles. The molecule has 0 radical (unpaired) electrons. The quantitative estimate of drug-likeness (QED) is 0.397. The van der Waals surface area contributed by atoms with Gasteiger partial charge in [-0.25, -0.2) is 0 Å². The second kappa shape index (κ2) is 8.98. The number of hydrogen-bond acceptors (Lipinski definition) is 2. The van der Waals surface area contributed by atoms with Gasteiger partial charge in [-0.3, -0.25) is 4.79 Å². The zero-order valence-electron chi connectivity index (χ0n) is 16.9. The van der Waals surface area contributed by atoms with Gasteiger partial charge in [0.15, 0.2) is 5.78 Å². The van der Waals surface area contributed by atoms with Crippen molar-refractivity contribution in [2.45, 2.75) is 19.3 Å². The average molecular weight is 407 g/mol. The molecule has 1 aliphatic rings. The van der Waals surface area contributed by atoms with Crippen molar-refractivity contribution in [3.05, 3.63) is 83.0 Å². The highest BCUT2D eigenvalue weighted by Crippen LogP contribution is 2.25. The summed E-state index contributed by atoms with van der Waals surface area (Å²) in [6.45, 7) is 3.30. The number of halogens is 1. The predicted molar refractivity (Wildman–Crippen MR) is 121 cm³/mol. The third kappa shape index (κ3) is 4.80. The number of likely N-dealkylation sites (tertiary alicyclic amines) is 1. The molecule has 150 valence electrons. The Morgan fingerprint density at radius 1 is 1.14 bits per heavy atom. The van der Waals surface area contributed by atoms with Crippen LogP contribution in [-0.4, -0.2) is 34.9 Å². The van der Waals surface area contributed by atoms with E-state index in [1.165, 1.54) is 5.56 Å². The fourth-order valence-corrected chi connectivity index (χ4v) is 4.35. The van der Waals surface area contributed by atoms with Crippen molar-refractivity contribution in [2.75, 3.05) is 19.6 Å². The van der Waals surface area contributed by atoms with Crippen LogP contribution in [0.1, 0.15) is 28.8 Å². The van der Waals surface area contributed by atoms with Crippen LogP contribution >= 0.6 is 11.6 Å². The average Bonchev–Trinajstić information content (AvgIpc) is 3.07. The van der Waals surface area contributed by atoms with Crippen molar-refractivity contribution >= 4 is 28.3 Å². The second-order valence-corrected chi connectivity index (χ2v) is 8.39. The molecule has 1 aromatic heterocycles. The van der Waals surface area contributed by atoms with E-state index in [9.17, 15) is 4.79 Å². The monoisotopic (exact) mass is 406 g/mol. The van der Waals surface area contributed by atoms with Gasteiger partial charge in [-0.1, -0.05) is 48.0 Å². The minimum absolute atomic E-state index is 0.0596. The third-order valence-electron chi connectivity index (χ3n) is 5.93. The fourth-order valence-electron chi connectivity index (χ4n) is 4.17. The summed E-state index contributed by atoms with van der Waals surface area (Å²) >= 11 is 6.14. The maximum absolute atomic E-state index is 12.8. The number of carbonyl (C=O) groups is 1. The molecule has 0 amide bonds. The first kappa shape index (κ1) is 19.9. The number of fused-ring (bicyclic) bond motifs is 1. The van der Waals surface area contributed by atoms with Gasteiger partial charge in [-0.2, -0.15) is 0 Å². The maximum atomic E-state index is 12.8. The lowest BCUT2D eigenvalue weighted by Gasteiger charge is -2.30. The standard InChI is InChI=1S/C25H27ClN2O/c1-27-18-23(22-17-21(26)8-9-24(22)27)25(29)10-7-20-12-15-28(16-13-20)14-11-19-5-3-2-4-6-19/h2-10,17-18,20H,11-16H2,1H3/b10-7+. The van der Waals surface area contributed by atoms with Gasteiger partial charge in [0, 0.05) is 41.3 Å². The highest BCUT2D eigenvalue weighted by molar-refractivity contribution is 6.31. The number of allylic oxidation sites excluding steroid dienone is 2. The molecule has 1 saturated heterocycles. The van der Waals surface area contributed by atoms with Crippen LogP contribution < -0.4 is 0 Å². The molecule has 4 rings (SSSR count). The van der Waals surface area contributed by atoms with Crippen LogP contribution in [0.3, 0.4) is 0 Å². The lowest BCUT2D eigenvalue weighted by Crippen LogP contribution is -2.34. The largest absolute Gasteiger partial charge is 0.350 e. The van der Waals surface area contributed by atoms with Gasteiger partial charge in [0.1, 0.15) is 0 Å². The summed E-state index contributed by atoms with van der Waals surface area (Å²) in [5, 5.41) is 1.58. The number of aryl methyl sites for hydroxylation is 1. The van der Waals surface area contributed by atoms with Crippen molar-refractivity contribution in [1.82, 2.24) is 9.47 Å². The summed E-state index contributed by atoms with van der Waals surface area (Å²) in [6, 6.07) is 16.4. The smallest absolute Gasteiger partial charge is 0.187 e. The van der Waals surface area contributed by atoms with Crippen molar-refractivity contribution in [1.29, 1.82) is 0 Å². The first-order chi connectivity index (χ1) is 14.1. The van der Waals surface area contributed by atoms with E-state index in [4.69, 9.17) is 11.6 Å². The summed E-state index contributed by atoms with van der Waals surface area (Å²) in [5.41, 5.74) is 3.15. The summed E-state index contributed by atoms with van der Waals surface area (Å²) < 4.78 is 1.98. The maximum Gasteiger partial charge on any atom is 0.187 e. The Hall–Kier alpha value is -2.36. The molecule has 2 aromatic carbocycles. The number of piperidine rings is 1. The highest BCUT2D eigenvalue weighted by atomic mass is 35.5. The molecule has 0 unspecified atom stereocenters. The van der Waals surface area contributed by atoms with Crippen LogP contribution in [0.15, 0.2) is 66.9 Å². The van der Waals surface area contributed by atoms with Gasteiger partial charge < -0.3 is 9.47 Å². The molecule has 1 fully saturated rings.